The lowest BCUT2D eigenvalue weighted by molar-refractivity contribution is 0.359. The first-order valence-electron chi connectivity index (χ1n) is 6.29. The van der Waals surface area contributed by atoms with Crippen molar-refractivity contribution in [1.82, 2.24) is 5.32 Å². The molecule has 0 saturated carbocycles. The summed E-state index contributed by atoms with van der Waals surface area (Å²) in [6, 6.07) is 5.26. The zero-order valence-corrected chi connectivity index (χ0v) is 11.5. The third-order valence-corrected chi connectivity index (χ3v) is 3.35. The summed E-state index contributed by atoms with van der Waals surface area (Å²) in [5, 5.41) is 3.56. The van der Waals surface area contributed by atoms with Crippen LogP contribution in [-0.2, 0) is 0 Å². The van der Waals surface area contributed by atoms with Crippen LogP contribution in [0.4, 0.5) is 4.39 Å². The van der Waals surface area contributed by atoms with Gasteiger partial charge in [-0.3, -0.25) is 0 Å². The first kappa shape index (κ1) is 14.5. The van der Waals surface area contributed by atoms with E-state index in [1.807, 2.05) is 19.1 Å². The minimum absolute atomic E-state index is 0.0404. The molecule has 1 nitrogen and oxygen atoms in total. The van der Waals surface area contributed by atoms with Crippen LogP contribution in [0.3, 0.4) is 0 Å². The smallest absolute Gasteiger partial charge is 0.146 e. The van der Waals surface area contributed by atoms with Crippen molar-refractivity contribution in [2.24, 2.45) is 5.92 Å². The molecular formula is C14H21ClFN. The number of hydrogen-bond donors (Lipinski definition) is 1. The van der Waals surface area contributed by atoms with Gasteiger partial charge in [0.1, 0.15) is 5.82 Å². The Morgan fingerprint density at radius 1 is 1.35 bits per heavy atom. The quantitative estimate of drug-likeness (QED) is 0.787. The molecule has 1 aromatic rings. The lowest BCUT2D eigenvalue weighted by Crippen LogP contribution is -2.27. The predicted molar refractivity (Wildman–Crippen MR) is 71.9 cm³/mol. The van der Waals surface area contributed by atoms with Gasteiger partial charge in [-0.05, 0) is 24.9 Å². The number of halogens is 2. The van der Waals surface area contributed by atoms with Gasteiger partial charge < -0.3 is 5.32 Å². The Morgan fingerprint density at radius 3 is 2.65 bits per heavy atom. The zero-order valence-electron chi connectivity index (χ0n) is 10.8. The fourth-order valence-electron chi connectivity index (χ4n) is 2.22. The van der Waals surface area contributed by atoms with Crippen LogP contribution in [0, 0.1) is 11.7 Å². The molecule has 0 radical (unpaired) electrons. The molecule has 3 heteroatoms. The van der Waals surface area contributed by atoms with Crippen molar-refractivity contribution in [2.45, 2.75) is 39.7 Å². The topological polar surface area (TPSA) is 12.0 Å². The molecule has 0 aliphatic carbocycles. The Hall–Kier alpha value is -0.600. The second-order valence-electron chi connectivity index (χ2n) is 4.44. The maximum atomic E-state index is 14.0. The van der Waals surface area contributed by atoms with Crippen LogP contribution < -0.4 is 5.32 Å². The lowest BCUT2D eigenvalue weighted by atomic mass is 9.90. The molecule has 0 aliphatic heterocycles. The number of rotatable bonds is 6. The summed E-state index contributed by atoms with van der Waals surface area (Å²) >= 11 is 5.84. The minimum Gasteiger partial charge on any atom is -0.310 e. The van der Waals surface area contributed by atoms with Crippen molar-refractivity contribution in [2.75, 3.05) is 6.54 Å². The van der Waals surface area contributed by atoms with Gasteiger partial charge in [0.05, 0.1) is 5.02 Å². The van der Waals surface area contributed by atoms with Gasteiger partial charge in [0.25, 0.3) is 0 Å². The van der Waals surface area contributed by atoms with Gasteiger partial charge in [-0.25, -0.2) is 4.39 Å². The highest BCUT2D eigenvalue weighted by Gasteiger charge is 2.21. The average molecular weight is 258 g/mol. The fraction of sp³-hybridized carbons (Fsp3) is 0.571. The van der Waals surface area contributed by atoms with E-state index in [-0.39, 0.29) is 16.9 Å². The van der Waals surface area contributed by atoms with Crippen molar-refractivity contribution in [1.29, 1.82) is 0 Å². The SMILES string of the molecule is CCCC(C)C(NCC)c1cccc(Cl)c1F. The van der Waals surface area contributed by atoms with Crippen LogP contribution in [0.25, 0.3) is 0 Å². The van der Waals surface area contributed by atoms with Crippen LogP contribution >= 0.6 is 11.6 Å². The fourth-order valence-corrected chi connectivity index (χ4v) is 2.40. The van der Waals surface area contributed by atoms with Gasteiger partial charge in [0.15, 0.2) is 0 Å². The highest BCUT2D eigenvalue weighted by atomic mass is 35.5. The number of nitrogens with one attached hydrogen (secondary N) is 1. The summed E-state index contributed by atoms with van der Waals surface area (Å²) in [6.45, 7) is 7.16. The first-order chi connectivity index (χ1) is 8.11. The average Bonchev–Trinajstić information content (AvgIpc) is 2.30. The van der Waals surface area contributed by atoms with Crippen LogP contribution in [0.1, 0.15) is 45.2 Å². The third-order valence-electron chi connectivity index (χ3n) is 3.05. The molecule has 0 saturated heterocycles. The van der Waals surface area contributed by atoms with Gasteiger partial charge in [-0.1, -0.05) is 50.9 Å². The second kappa shape index (κ2) is 6.97. The molecule has 0 heterocycles. The summed E-state index contributed by atoms with van der Waals surface area (Å²) in [5.74, 6) is 0.107. The van der Waals surface area contributed by atoms with Crippen molar-refractivity contribution in [3.05, 3.63) is 34.6 Å². The molecule has 1 aromatic carbocycles. The Kier molecular flexibility index (Phi) is 5.93. The van der Waals surface area contributed by atoms with E-state index < -0.39 is 0 Å². The normalized spacial score (nSPS) is 14.6. The molecule has 17 heavy (non-hydrogen) atoms. The molecule has 0 bridgehead atoms. The maximum Gasteiger partial charge on any atom is 0.146 e. The molecule has 0 spiro atoms. The van der Waals surface area contributed by atoms with Crippen LogP contribution in [0.5, 0.6) is 0 Å². The summed E-state index contributed by atoms with van der Waals surface area (Å²) in [6.07, 6.45) is 2.18. The molecule has 96 valence electrons. The van der Waals surface area contributed by atoms with E-state index in [1.54, 1.807) is 6.07 Å². The summed E-state index contributed by atoms with van der Waals surface area (Å²) < 4.78 is 14.0. The molecule has 1 N–H and O–H groups in total. The van der Waals surface area contributed by atoms with Gasteiger partial charge in [0, 0.05) is 11.6 Å². The Labute approximate surface area is 108 Å². The standard InChI is InChI=1S/C14H21ClFN/c1-4-7-10(3)14(17-5-2)11-8-6-9-12(15)13(11)16/h6,8-10,14,17H,4-5,7H2,1-3H3. The van der Waals surface area contributed by atoms with Gasteiger partial charge in [-0.2, -0.15) is 0 Å². The largest absolute Gasteiger partial charge is 0.310 e. The van der Waals surface area contributed by atoms with Gasteiger partial charge >= 0.3 is 0 Å². The molecule has 0 aromatic heterocycles. The molecule has 0 aliphatic rings. The summed E-state index contributed by atoms with van der Waals surface area (Å²) in [7, 11) is 0. The first-order valence-corrected chi connectivity index (χ1v) is 6.66. The van der Waals surface area contributed by atoms with Crippen LogP contribution in [0.15, 0.2) is 18.2 Å². The molecule has 2 unspecified atom stereocenters. The van der Waals surface area contributed by atoms with E-state index in [2.05, 4.69) is 19.2 Å². The predicted octanol–water partition coefficient (Wildman–Crippen LogP) is 4.57. The van der Waals surface area contributed by atoms with E-state index in [0.717, 1.165) is 19.4 Å². The number of hydrogen-bond acceptors (Lipinski definition) is 1. The van der Waals surface area contributed by atoms with Crippen molar-refractivity contribution in [3.63, 3.8) is 0 Å². The molecule has 0 amide bonds. The van der Waals surface area contributed by atoms with E-state index in [0.29, 0.717) is 11.5 Å². The maximum absolute atomic E-state index is 14.0. The monoisotopic (exact) mass is 257 g/mol. The van der Waals surface area contributed by atoms with Gasteiger partial charge in [0.2, 0.25) is 0 Å². The third kappa shape index (κ3) is 3.68. The molecule has 0 fully saturated rings. The van der Waals surface area contributed by atoms with Crippen molar-refractivity contribution in [3.8, 4) is 0 Å². The van der Waals surface area contributed by atoms with Gasteiger partial charge in [-0.15, -0.1) is 0 Å². The Morgan fingerprint density at radius 2 is 2.06 bits per heavy atom. The lowest BCUT2D eigenvalue weighted by Gasteiger charge is -2.25. The minimum atomic E-state index is -0.289. The highest BCUT2D eigenvalue weighted by Crippen LogP contribution is 2.30. The molecule has 1 rings (SSSR count). The number of benzene rings is 1. The second-order valence-corrected chi connectivity index (χ2v) is 4.85. The Balaban J connectivity index is 3.00. The van der Waals surface area contributed by atoms with E-state index >= 15 is 0 Å². The molecular weight excluding hydrogens is 237 g/mol. The summed E-state index contributed by atoms with van der Waals surface area (Å²) in [5.41, 5.74) is 0.681. The van der Waals surface area contributed by atoms with Crippen molar-refractivity contribution >= 4 is 11.6 Å². The highest BCUT2D eigenvalue weighted by molar-refractivity contribution is 6.30. The van der Waals surface area contributed by atoms with Crippen LogP contribution in [0.2, 0.25) is 5.02 Å². The zero-order chi connectivity index (χ0) is 12.8. The van der Waals surface area contributed by atoms with Crippen molar-refractivity contribution < 1.29 is 4.39 Å². The van der Waals surface area contributed by atoms with E-state index in [1.165, 1.54) is 0 Å². The van der Waals surface area contributed by atoms with Crippen LogP contribution in [-0.4, -0.2) is 6.54 Å². The van der Waals surface area contributed by atoms with E-state index in [4.69, 9.17) is 11.6 Å². The Bertz CT molecular complexity index is 354. The summed E-state index contributed by atoms with van der Waals surface area (Å²) in [4.78, 5) is 0. The van der Waals surface area contributed by atoms with E-state index in [9.17, 15) is 4.39 Å². The molecule has 2 atom stereocenters.